The minimum atomic E-state index is -0.689. The molecule has 1 aromatic heterocycles. The summed E-state index contributed by atoms with van der Waals surface area (Å²) in [5, 5.41) is 9.06. The Labute approximate surface area is 118 Å². The fourth-order valence-electron chi connectivity index (χ4n) is 2.21. The Hall–Kier alpha value is -0.100. The van der Waals surface area contributed by atoms with E-state index in [0.717, 1.165) is 21.9 Å². The van der Waals surface area contributed by atoms with Crippen LogP contribution in [0.5, 0.6) is 0 Å². The average Bonchev–Trinajstić information content (AvgIpc) is 2.72. The van der Waals surface area contributed by atoms with Crippen LogP contribution in [0.25, 0.3) is 0 Å². The third kappa shape index (κ3) is 3.02. The van der Waals surface area contributed by atoms with Crippen molar-refractivity contribution in [3.05, 3.63) is 19.8 Å². The van der Waals surface area contributed by atoms with Crippen LogP contribution < -0.4 is 0 Å². The number of likely N-dealkylation sites (tertiary alicyclic amines) is 1. The standard InChI is InChI=1S/C11H13BrClNO2S/c1-6-3-14(5-8(6)11(15)16)4-7-2-9(12)10(13)17-7/h2,6,8H,3-5H2,1H3,(H,15,16). The second-order valence-corrected chi connectivity index (χ2v) is 7.04. The van der Waals surface area contributed by atoms with Gasteiger partial charge < -0.3 is 5.11 Å². The van der Waals surface area contributed by atoms with Gasteiger partial charge in [0.2, 0.25) is 0 Å². The van der Waals surface area contributed by atoms with E-state index in [9.17, 15) is 4.79 Å². The second kappa shape index (κ2) is 5.26. The zero-order valence-electron chi connectivity index (χ0n) is 9.32. The van der Waals surface area contributed by atoms with Crippen LogP contribution in [-0.4, -0.2) is 29.1 Å². The molecule has 1 aliphatic rings. The lowest BCUT2D eigenvalue weighted by Gasteiger charge is -2.13. The first-order valence-electron chi connectivity index (χ1n) is 5.36. The van der Waals surface area contributed by atoms with Crippen LogP contribution in [0.2, 0.25) is 4.34 Å². The molecule has 3 nitrogen and oxygen atoms in total. The normalized spacial score (nSPS) is 25.4. The van der Waals surface area contributed by atoms with Crippen molar-refractivity contribution in [3.8, 4) is 0 Å². The molecular formula is C11H13BrClNO2S. The molecule has 17 heavy (non-hydrogen) atoms. The highest BCUT2D eigenvalue weighted by Gasteiger charge is 2.34. The van der Waals surface area contributed by atoms with Gasteiger partial charge in [0, 0.05) is 29.0 Å². The van der Waals surface area contributed by atoms with E-state index in [4.69, 9.17) is 16.7 Å². The molecule has 1 saturated heterocycles. The average molecular weight is 339 g/mol. The summed E-state index contributed by atoms with van der Waals surface area (Å²) in [6, 6.07) is 2.01. The molecule has 2 atom stereocenters. The number of nitrogens with zero attached hydrogens (tertiary/aromatic N) is 1. The SMILES string of the molecule is CC1CN(Cc2cc(Br)c(Cl)s2)CC1C(=O)O. The highest BCUT2D eigenvalue weighted by atomic mass is 79.9. The summed E-state index contributed by atoms with van der Waals surface area (Å²) < 4.78 is 1.67. The van der Waals surface area contributed by atoms with E-state index in [1.54, 1.807) is 11.3 Å². The van der Waals surface area contributed by atoms with Crippen molar-refractivity contribution in [2.24, 2.45) is 11.8 Å². The van der Waals surface area contributed by atoms with E-state index in [1.165, 1.54) is 4.88 Å². The summed E-state index contributed by atoms with van der Waals surface area (Å²) in [7, 11) is 0. The maximum atomic E-state index is 11.0. The number of carboxylic acid groups (broad SMARTS) is 1. The molecule has 0 radical (unpaired) electrons. The number of hydrogen-bond donors (Lipinski definition) is 1. The Morgan fingerprint density at radius 1 is 1.71 bits per heavy atom. The Kier molecular flexibility index (Phi) is 4.13. The van der Waals surface area contributed by atoms with Crippen LogP contribution in [0.15, 0.2) is 10.5 Å². The van der Waals surface area contributed by atoms with Crippen molar-refractivity contribution >= 4 is 44.8 Å². The number of carbonyl (C=O) groups is 1. The molecule has 6 heteroatoms. The summed E-state index contributed by atoms with van der Waals surface area (Å²) in [6.07, 6.45) is 0. The van der Waals surface area contributed by atoms with Gasteiger partial charge in [0.1, 0.15) is 4.34 Å². The van der Waals surface area contributed by atoms with Crippen LogP contribution in [0.3, 0.4) is 0 Å². The highest BCUT2D eigenvalue weighted by Crippen LogP contribution is 2.34. The van der Waals surface area contributed by atoms with Gasteiger partial charge in [-0.2, -0.15) is 0 Å². The van der Waals surface area contributed by atoms with E-state index in [1.807, 2.05) is 13.0 Å². The second-order valence-electron chi connectivity index (χ2n) is 4.45. The van der Waals surface area contributed by atoms with Gasteiger partial charge in [-0.05, 0) is 27.9 Å². The molecule has 94 valence electrons. The minimum Gasteiger partial charge on any atom is -0.481 e. The maximum absolute atomic E-state index is 11.0. The zero-order valence-corrected chi connectivity index (χ0v) is 12.5. The monoisotopic (exact) mass is 337 g/mol. The van der Waals surface area contributed by atoms with Gasteiger partial charge in [-0.1, -0.05) is 18.5 Å². The van der Waals surface area contributed by atoms with Gasteiger partial charge in [-0.3, -0.25) is 9.69 Å². The summed E-state index contributed by atoms with van der Waals surface area (Å²) >= 11 is 10.9. The smallest absolute Gasteiger partial charge is 0.308 e. The Balaban J connectivity index is 2.00. The summed E-state index contributed by atoms with van der Waals surface area (Å²) in [5.74, 6) is -0.717. The number of carboxylic acids is 1. The fraction of sp³-hybridized carbons (Fsp3) is 0.545. The van der Waals surface area contributed by atoms with Crippen molar-refractivity contribution in [1.29, 1.82) is 0 Å². The lowest BCUT2D eigenvalue weighted by atomic mass is 9.99. The Morgan fingerprint density at radius 2 is 2.41 bits per heavy atom. The molecule has 2 heterocycles. The Bertz CT molecular complexity index is 418. The highest BCUT2D eigenvalue weighted by molar-refractivity contribution is 9.10. The number of thiophene rings is 1. The van der Waals surface area contributed by atoms with Gasteiger partial charge in [0.15, 0.2) is 0 Å². The number of rotatable bonds is 3. The predicted octanol–water partition coefficient (Wildman–Crippen LogP) is 3.32. The molecule has 0 saturated carbocycles. The molecule has 0 aliphatic carbocycles. The topological polar surface area (TPSA) is 40.5 Å². The molecule has 1 aromatic rings. The molecule has 1 fully saturated rings. The first kappa shape index (κ1) is 13.3. The van der Waals surface area contributed by atoms with Crippen LogP contribution in [0.4, 0.5) is 0 Å². The largest absolute Gasteiger partial charge is 0.481 e. The van der Waals surface area contributed by atoms with Crippen LogP contribution in [0.1, 0.15) is 11.8 Å². The predicted molar refractivity (Wildman–Crippen MR) is 72.6 cm³/mol. The van der Waals surface area contributed by atoms with Crippen molar-refractivity contribution in [2.75, 3.05) is 13.1 Å². The van der Waals surface area contributed by atoms with Crippen LogP contribution >= 0.6 is 38.9 Å². The van der Waals surface area contributed by atoms with Crippen molar-refractivity contribution in [2.45, 2.75) is 13.5 Å². The summed E-state index contributed by atoms with van der Waals surface area (Å²) in [4.78, 5) is 14.4. The molecule has 0 amide bonds. The molecule has 1 N–H and O–H groups in total. The van der Waals surface area contributed by atoms with Crippen LogP contribution in [-0.2, 0) is 11.3 Å². The summed E-state index contributed by atoms with van der Waals surface area (Å²) in [6.45, 7) is 4.24. The third-order valence-electron chi connectivity index (χ3n) is 3.08. The molecule has 0 bridgehead atoms. The lowest BCUT2D eigenvalue weighted by Crippen LogP contribution is -2.22. The molecule has 1 aliphatic heterocycles. The van der Waals surface area contributed by atoms with E-state index in [2.05, 4.69) is 20.8 Å². The molecule has 0 spiro atoms. The summed E-state index contributed by atoms with van der Waals surface area (Å²) in [5.41, 5.74) is 0. The first-order chi connectivity index (χ1) is 7.97. The van der Waals surface area contributed by atoms with E-state index in [0.29, 0.717) is 6.54 Å². The van der Waals surface area contributed by atoms with E-state index >= 15 is 0 Å². The van der Waals surface area contributed by atoms with Crippen LogP contribution in [0, 0.1) is 11.8 Å². The van der Waals surface area contributed by atoms with E-state index < -0.39 is 5.97 Å². The first-order valence-corrected chi connectivity index (χ1v) is 7.35. The number of aliphatic carboxylic acids is 1. The lowest BCUT2D eigenvalue weighted by molar-refractivity contribution is -0.142. The Morgan fingerprint density at radius 3 is 2.88 bits per heavy atom. The van der Waals surface area contributed by atoms with Crippen molar-refractivity contribution in [1.82, 2.24) is 4.90 Å². The quantitative estimate of drug-likeness (QED) is 0.919. The number of hydrogen-bond acceptors (Lipinski definition) is 3. The van der Waals surface area contributed by atoms with Gasteiger partial charge in [0.05, 0.1) is 5.92 Å². The van der Waals surface area contributed by atoms with E-state index in [-0.39, 0.29) is 11.8 Å². The van der Waals surface area contributed by atoms with Gasteiger partial charge >= 0.3 is 5.97 Å². The zero-order chi connectivity index (χ0) is 12.6. The van der Waals surface area contributed by atoms with Gasteiger partial charge in [0.25, 0.3) is 0 Å². The molecule has 2 rings (SSSR count). The molecular weight excluding hydrogens is 326 g/mol. The third-order valence-corrected chi connectivity index (χ3v) is 5.54. The molecule has 0 aromatic carbocycles. The van der Waals surface area contributed by atoms with Gasteiger partial charge in [-0.15, -0.1) is 11.3 Å². The minimum absolute atomic E-state index is 0.214. The number of halogens is 2. The maximum Gasteiger partial charge on any atom is 0.308 e. The van der Waals surface area contributed by atoms with Gasteiger partial charge in [-0.25, -0.2) is 0 Å². The molecule has 2 unspecified atom stereocenters. The van der Waals surface area contributed by atoms with Crippen molar-refractivity contribution in [3.63, 3.8) is 0 Å². The van der Waals surface area contributed by atoms with Crippen molar-refractivity contribution < 1.29 is 9.90 Å². The fourth-order valence-corrected chi connectivity index (χ4v) is 4.04.